The third-order valence-electron chi connectivity index (χ3n) is 3.15. The Morgan fingerprint density at radius 2 is 2.00 bits per heavy atom. The molecule has 25 heavy (non-hydrogen) atoms. The van der Waals surface area contributed by atoms with Gasteiger partial charge in [-0.25, -0.2) is 5.43 Å². The number of nitrogens with zero attached hydrogens (tertiary/aromatic N) is 1. The lowest BCUT2D eigenvalue weighted by Crippen LogP contribution is -2.25. The molecule has 0 bridgehead atoms. The molecule has 0 aromatic heterocycles. The van der Waals surface area contributed by atoms with Gasteiger partial charge < -0.3 is 14.8 Å². The van der Waals surface area contributed by atoms with Gasteiger partial charge >= 0.3 is 0 Å². The third kappa shape index (κ3) is 6.39. The van der Waals surface area contributed by atoms with Crippen molar-refractivity contribution < 1.29 is 14.3 Å². The summed E-state index contributed by atoms with van der Waals surface area (Å²) >= 11 is 0. The molecule has 0 aliphatic heterocycles. The lowest BCUT2D eigenvalue weighted by molar-refractivity contribution is -0.119. The summed E-state index contributed by atoms with van der Waals surface area (Å²) in [5, 5.41) is 6.95. The number of hydrogen-bond donors (Lipinski definition) is 2. The van der Waals surface area contributed by atoms with Crippen LogP contribution in [0.1, 0.15) is 5.56 Å². The van der Waals surface area contributed by atoms with Gasteiger partial charge in [0, 0.05) is 11.8 Å². The van der Waals surface area contributed by atoms with E-state index in [0.717, 1.165) is 22.7 Å². The van der Waals surface area contributed by atoms with E-state index in [0.29, 0.717) is 6.61 Å². The number of carbonyl (C=O) groups excluding carboxylic acids is 1. The van der Waals surface area contributed by atoms with Gasteiger partial charge in [0.15, 0.2) is 0 Å². The van der Waals surface area contributed by atoms with Crippen molar-refractivity contribution in [3.63, 3.8) is 0 Å². The molecule has 130 valence electrons. The standard InChI is InChI=1S/C19H21N3O3/c1-3-10-25-18-9-4-6-15(11-18)13-21-22-19(23)14-20-16-7-5-8-17(12-16)24-2/h3-9,11-13,20H,1,10,14H2,2H3,(H,22,23)/b21-13-. The predicted molar refractivity (Wildman–Crippen MR) is 99.4 cm³/mol. The van der Waals surface area contributed by atoms with E-state index in [1.165, 1.54) is 0 Å². The number of anilines is 1. The summed E-state index contributed by atoms with van der Waals surface area (Å²) in [6.45, 7) is 4.15. The molecule has 0 unspecified atom stereocenters. The highest BCUT2D eigenvalue weighted by Crippen LogP contribution is 2.16. The Kier molecular flexibility index (Phi) is 7.06. The van der Waals surface area contributed by atoms with Crippen molar-refractivity contribution in [3.05, 3.63) is 66.7 Å². The zero-order chi connectivity index (χ0) is 17.9. The van der Waals surface area contributed by atoms with Crippen molar-refractivity contribution in [2.45, 2.75) is 0 Å². The molecule has 0 saturated heterocycles. The van der Waals surface area contributed by atoms with Crippen LogP contribution in [0.3, 0.4) is 0 Å². The maximum atomic E-state index is 11.8. The Labute approximate surface area is 147 Å². The number of hydrazone groups is 1. The monoisotopic (exact) mass is 339 g/mol. The lowest BCUT2D eigenvalue weighted by Gasteiger charge is -2.07. The Balaban J connectivity index is 1.80. The van der Waals surface area contributed by atoms with Gasteiger partial charge in [-0.05, 0) is 29.8 Å². The maximum absolute atomic E-state index is 11.8. The van der Waals surface area contributed by atoms with Crippen LogP contribution >= 0.6 is 0 Å². The van der Waals surface area contributed by atoms with Gasteiger partial charge in [-0.3, -0.25) is 4.79 Å². The Hall–Kier alpha value is -3.28. The fourth-order valence-electron chi connectivity index (χ4n) is 1.97. The van der Waals surface area contributed by atoms with E-state index >= 15 is 0 Å². The van der Waals surface area contributed by atoms with Crippen LogP contribution in [-0.4, -0.2) is 32.4 Å². The van der Waals surface area contributed by atoms with Crippen LogP contribution in [-0.2, 0) is 4.79 Å². The van der Waals surface area contributed by atoms with Gasteiger partial charge in [0.1, 0.15) is 18.1 Å². The molecule has 1 amide bonds. The number of amides is 1. The van der Waals surface area contributed by atoms with E-state index in [4.69, 9.17) is 9.47 Å². The second kappa shape index (κ2) is 9.77. The Morgan fingerprint density at radius 1 is 1.20 bits per heavy atom. The van der Waals surface area contributed by atoms with E-state index < -0.39 is 0 Å². The highest BCUT2D eigenvalue weighted by atomic mass is 16.5. The maximum Gasteiger partial charge on any atom is 0.259 e. The first-order chi connectivity index (χ1) is 12.2. The molecule has 0 aliphatic carbocycles. The number of benzene rings is 2. The van der Waals surface area contributed by atoms with E-state index in [1.54, 1.807) is 19.4 Å². The van der Waals surface area contributed by atoms with Crippen LogP contribution in [0.4, 0.5) is 5.69 Å². The van der Waals surface area contributed by atoms with Gasteiger partial charge in [-0.1, -0.05) is 30.9 Å². The molecule has 2 aromatic rings. The molecule has 0 atom stereocenters. The van der Waals surface area contributed by atoms with Gasteiger partial charge in [0.25, 0.3) is 5.91 Å². The lowest BCUT2D eigenvalue weighted by atomic mass is 10.2. The molecule has 0 saturated carbocycles. The Morgan fingerprint density at radius 3 is 2.80 bits per heavy atom. The second-order valence-corrected chi connectivity index (χ2v) is 5.05. The van der Waals surface area contributed by atoms with Crippen LogP contribution in [0.5, 0.6) is 11.5 Å². The average molecular weight is 339 g/mol. The molecule has 0 aliphatic rings. The minimum Gasteiger partial charge on any atom is -0.497 e. The molecule has 2 aromatic carbocycles. The van der Waals surface area contributed by atoms with Crippen molar-refractivity contribution >= 4 is 17.8 Å². The normalized spacial score (nSPS) is 10.3. The van der Waals surface area contributed by atoms with E-state index in [9.17, 15) is 4.79 Å². The fraction of sp³-hybridized carbons (Fsp3) is 0.158. The molecule has 6 nitrogen and oxygen atoms in total. The first-order valence-corrected chi connectivity index (χ1v) is 7.75. The number of methoxy groups -OCH3 is 1. The zero-order valence-corrected chi connectivity index (χ0v) is 14.1. The summed E-state index contributed by atoms with van der Waals surface area (Å²) in [6.07, 6.45) is 3.24. The summed E-state index contributed by atoms with van der Waals surface area (Å²) in [4.78, 5) is 11.8. The summed E-state index contributed by atoms with van der Waals surface area (Å²) in [5.74, 6) is 1.19. The van der Waals surface area contributed by atoms with Gasteiger partial charge in [-0.15, -0.1) is 0 Å². The Bertz CT molecular complexity index is 744. The summed E-state index contributed by atoms with van der Waals surface area (Å²) in [6, 6.07) is 14.7. The first-order valence-electron chi connectivity index (χ1n) is 7.75. The van der Waals surface area contributed by atoms with Crippen LogP contribution in [0.15, 0.2) is 66.3 Å². The summed E-state index contributed by atoms with van der Waals surface area (Å²) in [7, 11) is 1.60. The quantitative estimate of drug-likeness (QED) is 0.419. The summed E-state index contributed by atoms with van der Waals surface area (Å²) < 4.78 is 10.6. The predicted octanol–water partition coefficient (Wildman–Crippen LogP) is 2.82. The minimum atomic E-state index is -0.252. The first kappa shape index (κ1) is 18.1. The van der Waals surface area contributed by atoms with Crippen LogP contribution in [0.25, 0.3) is 0 Å². The molecule has 2 N–H and O–H groups in total. The SMILES string of the molecule is C=CCOc1cccc(/C=N\NC(=O)CNc2cccc(OC)c2)c1. The highest BCUT2D eigenvalue weighted by molar-refractivity contribution is 5.84. The molecule has 0 heterocycles. The van der Waals surface area contributed by atoms with Crippen molar-refractivity contribution in [2.24, 2.45) is 5.10 Å². The van der Waals surface area contributed by atoms with Crippen molar-refractivity contribution in [1.82, 2.24) is 5.43 Å². The average Bonchev–Trinajstić information content (AvgIpc) is 2.65. The van der Waals surface area contributed by atoms with Gasteiger partial charge in [-0.2, -0.15) is 5.10 Å². The van der Waals surface area contributed by atoms with Crippen LogP contribution in [0.2, 0.25) is 0 Å². The zero-order valence-electron chi connectivity index (χ0n) is 14.1. The topological polar surface area (TPSA) is 72.0 Å². The number of hydrogen-bond acceptors (Lipinski definition) is 5. The third-order valence-corrected chi connectivity index (χ3v) is 3.15. The molecular weight excluding hydrogens is 318 g/mol. The number of ether oxygens (including phenoxy) is 2. The highest BCUT2D eigenvalue weighted by Gasteiger charge is 2.01. The molecule has 6 heteroatoms. The minimum absolute atomic E-state index is 0.104. The van der Waals surface area contributed by atoms with E-state index in [-0.39, 0.29) is 12.5 Å². The van der Waals surface area contributed by atoms with Crippen molar-refractivity contribution in [3.8, 4) is 11.5 Å². The van der Waals surface area contributed by atoms with Crippen molar-refractivity contribution in [2.75, 3.05) is 25.6 Å². The molecule has 0 fully saturated rings. The van der Waals surface area contributed by atoms with Gasteiger partial charge in [0.2, 0.25) is 0 Å². The van der Waals surface area contributed by atoms with Crippen molar-refractivity contribution in [1.29, 1.82) is 0 Å². The smallest absolute Gasteiger partial charge is 0.259 e. The molecular formula is C19H21N3O3. The van der Waals surface area contributed by atoms with Crippen LogP contribution < -0.4 is 20.2 Å². The molecule has 0 spiro atoms. The fourth-order valence-corrected chi connectivity index (χ4v) is 1.97. The largest absolute Gasteiger partial charge is 0.497 e. The molecule has 0 radical (unpaired) electrons. The van der Waals surface area contributed by atoms with E-state index in [2.05, 4.69) is 22.4 Å². The second-order valence-electron chi connectivity index (χ2n) is 5.05. The summed E-state index contributed by atoms with van der Waals surface area (Å²) in [5.41, 5.74) is 4.09. The molecule has 2 rings (SSSR count). The van der Waals surface area contributed by atoms with E-state index in [1.807, 2.05) is 48.5 Å². The van der Waals surface area contributed by atoms with Gasteiger partial charge in [0.05, 0.1) is 19.9 Å². The number of carbonyl (C=O) groups is 1. The van der Waals surface area contributed by atoms with Crippen LogP contribution in [0, 0.1) is 0 Å². The number of nitrogens with one attached hydrogen (secondary N) is 2. The number of rotatable bonds is 9.